The fourth-order valence-electron chi connectivity index (χ4n) is 9.50. The molecule has 0 spiro atoms. The summed E-state index contributed by atoms with van der Waals surface area (Å²) in [6.45, 7) is 4.61. The topological polar surface area (TPSA) is 111 Å². The number of quaternary nitrogens is 1. The average molecular weight is 1210 g/mol. The molecule has 0 radical (unpaired) electrons. The van der Waals surface area contributed by atoms with Crippen molar-refractivity contribution >= 4 is 17.9 Å². The van der Waals surface area contributed by atoms with Crippen LogP contribution >= 0.6 is 0 Å². The summed E-state index contributed by atoms with van der Waals surface area (Å²) in [7, 11) is 5.92. The van der Waals surface area contributed by atoms with Gasteiger partial charge in [-0.1, -0.05) is 289 Å². The van der Waals surface area contributed by atoms with E-state index in [-0.39, 0.29) is 38.6 Å². The lowest BCUT2D eigenvalue weighted by Crippen LogP contribution is -2.44. The molecule has 0 aromatic heterocycles. The third kappa shape index (κ3) is 68.8. The highest BCUT2D eigenvalue weighted by Crippen LogP contribution is 2.16. The van der Waals surface area contributed by atoms with Crippen molar-refractivity contribution in [1.29, 1.82) is 0 Å². The van der Waals surface area contributed by atoms with Crippen LogP contribution in [-0.2, 0) is 33.3 Å². The van der Waals surface area contributed by atoms with Crippen molar-refractivity contribution in [3.8, 4) is 0 Å². The molecular formula is C78H131NO8. The van der Waals surface area contributed by atoms with Gasteiger partial charge in [-0.15, -0.1) is 0 Å². The summed E-state index contributed by atoms with van der Waals surface area (Å²) in [5.74, 6) is -2.32. The highest BCUT2D eigenvalue weighted by atomic mass is 16.7. The Morgan fingerprint density at radius 3 is 0.989 bits per heavy atom. The van der Waals surface area contributed by atoms with Crippen LogP contribution in [0.25, 0.3) is 0 Å². The third-order valence-corrected chi connectivity index (χ3v) is 14.9. The lowest BCUT2D eigenvalue weighted by atomic mass is 10.0. The Balaban J connectivity index is 4.23. The van der Waals surface area contributed by atoms with E-state index in [1.807, 2.05) is 21.1 Å². The maximum atomic E-state index is 12.9. The number of nitrogens with zero attached hydrogens (tertiary/aromatic N) is 1. The number of carbonyl (C=O) groups is 3. The molecule has 9 nitrogen and oxygen atoms in total. The van der Waals surface area contributed by atoms with Crippen molar-refractivity contribution in [3.63, 3.8) is 0 Å². The first-order chi connectivity index (χ1) is 42.6. The fraction of sp³-hybridized carbons (Fsp3) is 0.679. The van der Waals surface area contributed by atoms with Crippen LogP contribution in [0.15, 0.2) is 134 Å². The standard InChI is InChI=1S/C78H131NO8/c1-6-8-10-12-14-16-18-20-22-24-26-28-30-32-34-35-36-37-38-39-40-41-43-45-47-49-51-53-55-57-59-61-63-65-67-69-76(81)87-74(73-86-78(77(82)83)84-71-70-79(3,4)5)72-85-75(80)68-66-64-62-60-58-56-54-52-50-48-46-44-42-33-31-29-27-25-23-21-19-17-15-13-11-9-7-2/h8,10,14,16,20,22,25-28,32,34,36-37,39-40,43,45,49,51,55,57,74,78H,6-7,9,11-13,15,17-19,21,23-24,29-31,33,35,38,41-42,44,46-48,50,52-54,56,58-73H2,1-5H3/b10-8-,16-14-,22-20-,27-25-,28-26-,34-32-,37-36-,40-39-,45-43-,51-49-,57-55-. The zero-order chi connectivity index (χ0) is 63.3. The Labute approximate surface area is 535 Å². The van der Waals surface area contributed by atoms with E-state index >= 15 is 0 Å². The zero-order valence-electron chi connectivity index (χ0n) is 56.6. The summed E-state index contributed by atoms with van der Waals surface area (Å²) in [6, 6.07) is 0. The van der Waals surface area contributed by atoms with E-state index in [1.165, 1.54) is 141 Å². The second kappa shape index (κ2) is 67.4. The molecule has 0 aliphatic rings. The molecule has 2 atom stereocenters. The number of hydrogen-bond donors (Lipinski definition) is 0. The van der Waals surface area contributed by atoms with Gasteiger partial charge in [0.15, 0.2) is 12.4 Å². The Morgan fingerprint density at radius 1 is 0.356 bits per heavy atom. The number of rotatable bonds is 64. The molecule has 0 aliphatic carbocycles. The molecule has 0 N–H and O–H groups in total. The summed E-state index contributed by atoms with van der Waals surface area (Å²) in [4.78, 5) is 37.5. The summed E-state index contributed by atoms with van der Waals surface area (Å²) < 4.78 is 22.8. The van der Waals surface area contributed by atoms with Crippen molar-refractivity contribution in [2.75, 3.05) is 47.5 Å². The van der Waals surface area contributed by atoms with E-state index in [1.54, 1.807) is 0 Å². The van der Waals surface area contributed by atoms with Crippen LogP contribution in [-0.4, -0.2) is 82.3 Å². The SMILES string of the molecule is CC/C=C\C/C=C\C/C=C\C/C=C\C/C=C\C/C=C\C/C=C\C/C=C\C/C=C\C/C=C\CCCCCCC(=O)OC(COC(=O)CCCCCCCCCCCCCCCCC/C=C\CCCCCCCCCC)COC(OCC[N+](C)(C)C)C(=O)[O-]. The number of carboxylic acid groups (broad SMARTS) is 1. The van der Waals surface area contributed by atoms with Crippen molar-refractivity contribution in [2.24, 2.45) is 0 Å². The third-order valence-electron chi connectivity index (χ3n) is 14.9. The smallest absolute Gasteiger partial charge is 0.306 e. The van der Waals surface area contributed by atoms with E-state index in [4.69, 9.17) is 18.9 Å². The first-order valence-corrected chi connectivity index (χ1v) is 35.3. The number of unbranched alkanes of at least 4 members (excludes halogenated alkanes) is 27. The van der Waals surface area contributed by atoms with Gasteiger partial charge in [-0.2, -0.15) is 0 Å². The van der Waals surface area contributed by atoms with Gasteiger partial charge in [0.25, 0.3) is 0 Å². The Kier molecular flexibility index (Phi) is 63.8. The molecule has 0 saturated carbocycles. The number of esters is 2. The van der Waals surface area contributed by atoms with E-state index in [0.29, 0.717) is 17.4 Å². The maximum Gasteiger partial charge on any atom is 0.306 e. The van der Waals surface area contributed by atoms with E-state index in [2.05, 4.69) is 148 Å². The number of allylic oxidation sites excluding steroid dienone is 22. The minimum Gasteiger partial charge on any atom is -0.545 e. The van der Waals surface area contributed by atoms with Crippen LogP contribution in [0.2, 0.25) is 0 Å². The number of likely N-dealkylation sites (N-methyl/N-ethyl adjacent to an activating group) is 1. The minimum atomic E-state index is -1.64. The first kappa shape index (κ1) is 82.4. The van der Waals surface area contributed by atoms with Gasteiger partial charge in [-0.05, 0) is 116 Å². The van der Waals surface area contributed by atoms with Crippen LogP contribution in [0, 0.1) is 0 Å². The predicted octanol–water partition coefficient (Wildman–Crippen LogP) is 20.8. The number of ether oxygens (including phenoxy) is 4. The molecule has 0 bridgehead atoms. The lowest BCUT2D eigenvalue weighted by molar-refractivity contribution is -0.870. The summed E-state index contributed by atoms with van der Waals surface area (Å²) in [5.41, 5.74) is 0. The molecule has 87 heavy (non-hydrogen) atoms. The maximum absolute atomic E-state index is 12.9. The van der Waals surface area contributed by atoms with Gasteiger partial charge in [0.1, 0.15) is 13.2 Å². The molecule has 0 rings (SSSR count). The van der Waals surface area contributed by atoms with Crippen molar-refractivity contribution < 1.29 is 42.9 Å². The van der Waals surface area contributed by atoms with Gasteiger partial charge >= 0.3 is 11.9 Å². The zero-order valence-corrected chi connectivity index (χ0v) is 56.6. The number of carbonyl (C=O) groups excluding carboxylic acids is 3. The van der Waals surface area contributed by atoms with E-state index in [0.717, 1.165) is 109 Å². The largest absolute Gasteiger partial charge is 0.545 e. The molecule has 0 aliphatic heterocycles. The Bertz CT molecular complexity index is 1890. The number of hydrogen-bond acceptors (Lipinski definition) is 8. The fourth-order valence-corrected chi connectivity index (χ4v) is 9.50. The first-order valence-electron chi connectivity index (χ1n) is 35.3. The lowest BCUT2D eigenvalue weighted by Gasteiger charge is -2.26. The molecule has 9 heteroatoms. The van der Waals surface area contributed by atoms with Crippen molar-refractivity contribution in [2.45, 2.75) is 296 Å². The summed E-state index contributed by atoms with van der Waals surface area (Å²) in [6.07, 6.45) is 93.9. The number of carboxylic acids is 1. The van der Waals surface area contributed by atoms with E-state index in [9.17, 15) is 19.5 Å². The molecule has 0 heterocycles. The van der Waals surface area contributed by atoms with Crippen LogP contribution < -0.4 is 5.11 Å². The van der Waals surface area contributed by atoms with Crippen LogP contribution in [0.5, 0.6) is 0 Å². The van der Waals surface area contributed by atoms with Gasteiger partial charge in [0.05, 0.1) is 40.3 Å². The highest BCUT2D eigenvalue weighted by Gasteiger charge is 2.22. The quantitative estimate of drug-likeness (QED) is 0.0195. The van der Waals surface area contributed by atoms with Crippen molar-refractivity contribution in [1.82, 2.24) is 0 Å². The highest BCUT2D eigenvalue weighted by molar-refractivity contribution is 5.70. The molecule has 0 amide bonds. The molecule has 496 valence electrons. The molecule has 0 saturated heterocycles. The summed E-state index contributed by atoms with van der Waals surface area (Å²) in [5, 5.41) is 11.8. The summed E-state index contributed by atoms with van der Waals surface area (Å²) >= 11 is 0. The molecular weight excluding hydrogens is 1080 g/mol. The predicted molar refractivity (Wildman–Crippen MR) is 370 cm³/mol. The molecule has 0 aromatic carbocycles. The normalized spacial score (nSPS) is 13.5. The van der Waals surface area contributed by atoms with Crippen molar-refractivity contribution in [3.05, 3.63) is 134 Å². The van der Waals surface area contributed by atoms with Crippen LogP contribution in [0.1, 0.15) is 284 Å². The van der Waals surface area contributed by atoms with Gasteiger partial charge < -0.3 is 33.3 Å². The van der Waals surface area contributed by atoms with Gasteiger partial charge in [-0.25, -0.2) is 0 Å². The van der Waals surface area contributed by atoms with Crippen LogP contribution in [0.4, 0.5) is 0 Å². The molecule has 2 unspecified atom stereocenters. The second-order valence-corrected chi connectivity index (χ2v) is 24.4. The minimum absolute atomic E-state index is 0.136. The monoisotopic (exact) mass is 1210 g/mol. The Hall–Kier alpha value is -4.57. The molecule has 0 aromatic rings. The van der Waals surface area contributed by atoms with Gasteiger partial charge in [0.2, 0.25) is 0 Å². The number of aliphatic carboxylic acids is 1. The van der Waals surface area contributed by atoms with Gasteiger partial charge in [-0.3, -0.25) is 9.59 Å². The molecule has 0 fully saturated rings. The Morgan fingerprint density at radius 2 is 0.655 bits per heavy atom. The van der Waals surface area contributed by atoms with Gasteiger partial charge in [0, 0.05) is 12.8 Å². The average Bonchev–Trinajstić information content (AvgIpc) is 3.56. The van der Waals surface area contributed by atoms with E-state index < -0.39 is 24.3 Å². The second-order valence-electron chi connectivity index (χ2n) is 24.4. The van der Waals surface area contributed by atoms with Crippen LogP contribution in [0.3, 0.4) is 0 Å².